The molecule has 0 bridgehead atoms. The molecule has 0 unspecified atom stereocenters. The van der Waals surface area contributed by atoms with Gasteiger partial charge < -0.3 is 11.1 Å². The van der Waals surface area contributed by atoms with Crippen molar-refractivity contribution in [1.29, 1.82) is 0 Å². The molecule has 4 nitrogen and oxygen atoms in total. The zero-order valence-electron chi connectivity index (χ0n) is 9.63. The zero-order valence-corrected chi connectivity index (χ0v) is 10.4. The molecule has 1 aromatic carbocycles. The highest BCUT2D eigenvalue weighted by Gasteiger charge is 2.18. The topological polar surface area (TPSA) is 68.0 Å². The van der Waals surface area contributed by atoms with Crippen molar-refractivity contribution >= 4 is 28.1 Å². The van der Waals surface area contributed by atoms with E-state index in [1.807, 2.05) is 0 Å². The van der Waals surface area contributed by atoms with Crippen LogP contribution in [-0.2, 0) is 0 Å². The van der Waals surface area contributed by atoms with E-state index in [-0.39, 0.29) is 10.0 Å². The highest BCUT2D eigenvalue weighted by atomic mass is 32.1. The fourth-order valence-corrected chi connectivity index (χ4v) is 2.16. The lowest BCUT2D eigenvalue weighted by atomic mass is 10.2. The summed E-state index contributed by atoms with van der Waals surface area (Å²) in [4.78, 5) is 15.8. The molecule has 100 valence electrons. The molecule has 0 radical (unpaired) electrons. The molecule has 1 aromatic heterocycles. The number of anilines is 2. The number of benzene rings is 1. The van der Waals surface area contributed by atoms with E-state index >= 15 is 0 Å². The van der Waals surface area contributed by atoms with Gasteiger partial charge in [-0.3, -0.25) is 4.79 Å². The van der Waals surface area contributed by atoms with Crippen molar-refractivity contribution in [3.63, 3.8) is 0 Å². The summed E-state index contributed by atoms with van der Waals surface area (Å²) in [5, 5.41) is 2.33. The maximum atomic E-state index is 13.4. The maximum absolute atomic E-state index is 13.4. The van der Waals surface area contributed by atoms with Crippen LogP contribution in [0.2, 0.25) is 0 Å². The van der Waals surface area contributed by atoms with E-state index in [1.165, 1.54) is 0 Å². The number of carbonyl (C=O) groups is 1. The number of rotatable bonds is 2. The van der Waals surface area contributed by atoms with Crippen LogP contribution in [-0.4, -0.2) is 10.9 Å². The first-order valence-corrected chi connectivity index (χ1v) is 5.89. The van der Waals surface area contributed by atoms with Crippen molar-refractivity contribution in [1.82, 2.24) is 4.98 Å². The monoisotopic (exact) mass is 287 g/mol. The minimum atomic E-state index is -1.64. The lowest BCUT2D eigenvalue weighted by molar-refractivity contribution is 0.102. The standard InChI is InChI=1S/C11H8F3N3OS/c1-4-9(19-11(15)16-4)10(18)17-6-3-2-5(12)7(13)8(6)14/h2-3H,1H3,(H2,15,16)(H,17,18). The van der Waals surface area contributed by atoms with Gasteiger partial charge in [0, 0.05) is 0 Å². The Bertz CT molecular complexity index is 657. The second-order valence-corrected chi connectivity index (χ2v) is 4.67. The summed E-state index contributed by atoms with van der Waals surface area (Å²) in [6, 6.07) is 1.66. The first-order chi connectivity index (χ1) is 8.90. The quantitative estimate of drug-likeness (QED) is 0.834. The number of hydrogen-bond acceptors (Lipinski definition) is 4. The number of aryl methyl sites for hydroxylation is 1. The number of aromatic nitrogens is 1. The van der Waals surface area contributed by atoms with Crippen LogP contribution in [0.1, 0.15) is 15.4 Å². The lowest BCUT2D eigenvalue weighted by Gasteiger charge is -2.06. The Kier molecular flexibility index (Phi) is 3.43. The number of thiazole rings is 1. The molecule has 0 spiro atoms. The van der Waals surface area contributed by atoms with E-state index in [9.17, 15) is 18.0 Å². The van der Waals surface area contributed by atoms with Crippen LogP contribution < -0.4 is 11.1 Å². The number of nitrogens with zero attached hydrogens (tertiary/aromatic N) is 1. The Morgan fingerprint density at radius 3 is 2.58 bits per heavy atom. The third-order valence-corrected chi connectivity index (χ3v) is 3.29. The number of amides is 1. The van der Waals surface area contributed by atoms with Gasteiger partial charge >= 0.3 is 0 Å². The fourth-order valence-electron chi connectivity index (χ4n) is 1.43. The van der Waals surface area contributed by atoms with Gasteiger partial charge in [-0.05, 0) is 19.1 Å². The summed E-state index contributed by atoms with van der Waals surface area (Å²) in [7, 11) is 0. The Labute approximate surface area is 110 Å². The van der Waals surface area contributed by atoms with Crippen LogP contribution in [0.15, 0.2) is 12.1 Å². The van der Waals surface area contributed by atoms with Crippen LogP contribution in [0.4, 0.5) is 24.0 Å². The Morgan fingerprint density at radius 1 is 1.32 bits per heavy atom. The van der Waals surface area contributed by atoms with Crippen molar-refractivity contribution in [3.05, 3.63) is 40.2 Å². The number of carbonyl (C=O) groups excluding carboxylic acids is 1. The first kappa shape index (κ1) is 13.3. The summed E-state index contributed by atoms with van der Waals surface area (Å²) >= 11 is 0.919. The second-order valence-electron chi connectivity index (χ2n) is 3.64. The molecule has 0 saturated heterocycles. The maximum Gasteiger partial charge on any atom is 0.267 e. The van der Waals surface area contributed by atoms with Crippen LogP contribution in [0.3, 0.4) is 0 Å². The van der Waals surface area contributed by atoms with Crippen molar-refractivity contribution in [2.75, 3.05) is 11.1 Å². The van der Waals surface area contributed by atoms with Gasteiger partial charge in [0.2, 0.25) is 0 Å². The SMILES string of the molecule is Cc1nc(N)sc1C(=O)Nc1ccc(F)c(F)c1F. The van der Waals surface area contributed by atoms with Crippen LogP contribution in [0, 0.1) is 24.4 Å². The van der Waals surface area contributed by atoms with Crippen molar-refractivity contribution in [3.8, 4) is 0 Å². The predicted molar refractivity (Wildman–Crippen MR) is 65.5 cm³/mol. The molecule has 3 N–H and O–H groups in total. The molecule has 0 aliphatic rings. The van der Waals surface area contributed by atoms with Gasteiger partial charge in [0.1, 0.15) is 4.88 Å². The summed E-state index contributed by atoms with van der Waals surface area (Å²) < 4.78 is 39.1. The molecule has 2 rings (SSSR count). The van der Waals surface area contributed by atoms with Crippen molar-refractivity contribution in [2.24, 2.45) is 0 Å². The lowest BCUT2D eigenvalue weighted by Crippen LogP contribution is -2.13. The molecule has 0 aliphatic heterocycles. The summed E-state index contributed by atoms with van der Waals surface area (Å²) in [5.41, 5.74) is 5.36. The number of nitrogen functional groups attached to an aromatic ring is 1. The van der Waals surface area contributed by atoms with E-state index in [0.29, 0.717) is 5.69 Å². The molecule has 8 heteroatoms. The minimum Gasteiger partial charge on any atom is -0.375 e. The van der Waals surface area contributed by atoms with Crippen LogP contribution in [0.25, 0.3) is 0 Å². The summed E-state index contributed by atoms with van der Waals surface area (Å²) in [5.74, 6) is -5.10. The molecular formula is C11H8F3N3OS. The van der Waals surface area contributed by atoms with Gasteiger partial charge in [0.15, 0.2) is 22.6 Å². The highest BCUT2D eigenvalue weighted by molar-refractivity contribution is 7.17. The Hall–Kier alpha value is -2.09. The smallest absolute Gasteiger partial charge is 0.267 e. The molecule has 0 aliphatic carbocycles. The molecule has 2 aromatic rings. The number of nitrogens with one attached hydrogen (secondary N) is 1. The third kappa shape index (κ3) is 2.53. The van der Waals surface area contributed by atoms with Gasteiger partial charge in [0.25, 0.3) is 5.91 Å². The number of nitrogens with two attached hydrogens (primary N) is 1. The van der Waals surface area contributed by atoms with E-state index < -0.39 is 29.0 Å². The predicted octanol–water partition coefficient (Wildman–Crippen LogP) is 2.70. The Morgan fingerprint density at radius 2 is 2.00 bits per heavy atom. The zero-order chi connectivity index (χ0) is 14.2. The van der Waals surface area contributed by atoms with E-state index in [0.717, 1.165) is 23.5 Å². The van der Waals surface area contributed by atoms with Gasteiger partial charge in [-0.15, -0.1) is 0 Å². The van der Waals surface area contributed by atoms with E-state index in [2.05, 4.69) is 10.3 Å². The largest absolute Gasteiger partial charge is 0.375 e. The average molecular weight is 287 g/mol. The van der Waals surface area contributed by atoms with E-state index in [4.69, 9.17) is 5.73 Å². The van der Waals surface area contributed by atoms with Crippen molar-refractivity contribution in [2.45, 2.75) is 6.92 Å². The first-order valence-electron chi connectivity index (χ1n) is 5.08. The van der Waals surface area contributed by atoms with Crippen LogP contribution >= 0.6 is 11.3 Å². The molecule has 19 heavy (non-hydrogen) atoms. The second kappa shape index (κ2) is 4.88. The molecule has 0 saturated carbocycles. The van der Waals surface area contributed by atoms with Gasteiger partial charge in [0.05, 0.1) is 11.4 Å². The molecule has 0 atom stereocenters. The Balaban J connectivity index is 2.29. The van der Waals surface area contributed by atoms with Gasteiger partial charge in [-0.2, -0.15) is 0 Å². The summed E-state index contributed by atoms with van der Waals surface area (Å²) in [6.07, 6.45) is 0. The third-order valence-electron chi connectivity index (χ3n) is 2.30. The highest BCUT2D eigenvalue weighted by Crippen LogP contribution is 2.23. The number of hydrogen-bond donors (Lipinski definition) is 2. The molecule has 0 fully saturated rings. The van der Waals surface area contributed by atoms with E-state index in [1.54, 1.807) is 6.92 Å². The van der Waals surface area contributed by atoms with Crippen molar-refractivity contribution < 1.29 is 18.0 Å². The fraction of sp³-hybridized carbons (Fsp3) is 0.0909. The average Bonchev–Trinajstić information content (AvgIpc) is 2.69. The summed E-state index contributed by atoms with van der Waals surface area (Å²) in [6.45, 7) is 1.56. The van der Waals surface area contributed by atoms with Crippen LogP contribution in [0.5, 0.6) is 0 Å². The number of halogens is 3. The molecule has 1 heterocycles. The van der Waals surface area contributed by atoms with Gasteiger partial charge in [-0.25, -0.2) is 18.2 Å². The van der Waals surface area contributed by atoms with Gasteiger partial charge in [-0.1, -0.05) is 11.3 Å². The molecular weight excluding hydrogens is 279 g/mol. The normalized spacial score (nSPS) is 10.5. The minimum absolute atomic E-state index is 0.182. The molecule has 1 amide bonds.